The second-order valence-corrected chi connectivity index (χ2v) is 5.96. The smallest absolute Gasteiger partial charge is 0.306 e. The molecule has 4 nitrogen and oxygen atoms in total. The third-order valence-electron chi connectivity index (χ3n) is 1.95. The summed E-state index contributed by atoms with van der Waals surface area (Å²) >= 11 is 0. The van der Waals surface area contributed by atoms with Crippen molar-refractivity contribution in [1.82, 2.24) is 0 Å². The molecular formula is C11H21O4P. The lowest BCUT2D eigenvalue weighted by atomic mass is 10.5. The third kappa shape index (κ3) is 6.81. The molecule has 0 aliphatic rings. The zero-order valence-electron chi connectivity index (χ0n) is 10.3. The fourth-order valence-corrected chi connectivity index (χ4v) is 3.15. The molecule has 0 N–H and O–H groups in total. The Hall–Kier alpha value is -0.600. The van der Waals surface area contributed by atoms with Gasteiger partial charge in [0.1, 0.15) is 0 Å². The average molecular weight is 248 g/mol. The Morgan fingerprint density at radius 2 is 2.00 bits per heavy atom. The van der Waals surface area contributed by atoms with Crippen LogP contribution in [0.1, 0.15) is 27.2 Å². The molecule has 0 bridgehead atoms. The first-order chi connectivity index (χ1) is 7.58. The number of esters is 1. The summed E-state index contributed by atoms with van der Waals surface area (Å²) in [5.41, 5.74) is 0. The molecule has 0 fully saturated rings. The number of carbonyl (C=O) groups is 1. The fourth-order valence-electron chi connectivity index (χ4n) is 1.20. The first kappa shape index (κ1) is 15.4. The van der Waals surface area contributed by atoms with Crippen LogP contribution in [0.4, 0.5) is 0 Å². The van der Waals surface area contributed by atoms with Gasteiger partial charge in [0.15, 0.2) is 0 Å². The number of rotatable bonds is 8. The lowest BCUT2D eigenvalue weighted by Gasteiger charge is -2.15. The first-order valence-corrected chi connectivity index (χ1v) is 7.57. The van der Waals surface area contributed by atoms with Gasteiger partial charge in [-0.05, 0) is 20.8 Å². The zero-order valence-corrected chi connectivity index (χ0v) is 11.2. The Labute approximate surface area is 97.5 Å². The van der Waals surface area contributed by atoms with Crippen molar-refractivity contribution in [3.63, 3.8) is 0 Å². The van der Waals surface area contributed by atoms with Crippen LogP contribution >= 0.6 is 7.37 Å². The van der Waals surface area contributed by atoms with Gasteiger partial charge >= 0.3 is 5.97 Å². The van der Waals surface area contributed by atoms with Crippen LogP contribution in [0, 0.1) is 0 Å². The van der Waals surface area contributed by atoms with Crippen molar-refractivity contribution in [2.45, 2.75) is 27.2 Å². The Bertz CT molecular complexity index is 273. The summed E-state index contributed by atoms with van der Waals surface area (Å²) in [6.45, 7) is 6.17. The summed E-state index contributed by atoms with van der Waals surface area (Å²) in [5, 5.41) is 0. The molecule has 0 saturated heterocycles. The highest BCUT2D eigenvalue weighted by atomic mass is 31.2. The maximum atomic E-state index is 12.2. The Morgan fingerprint density at radius 1 is 1.31 bits per heavy atom. The van der Waals surface area contributed by atoms with Crippen LogP contribution in [-0.2, 0) is 18.6 Å². The number of allylic oxidation sites excluding steroid dienone is 2. The summed E-state index contributed by atoms with van der Waals surface area (Å²) in [6, 6.07) is 0. The number of hydrogen-bond acceptors (Lipinski definition) is 4. The van der Waals surface area contributed by atoms with Gasteiger partial charge in [-0.1, -0.05) is 12.2 Å². The normalized spacial score (nSPS) is 14.9. The Morgan fingerprint density at radius 3 is 2.50 bits per heavy atom. The zero-order chi connectivity index (χ0) is 12.4. The molecule has 0 saturated carbocycles. The number of carbonyl (C=O) groups excluding carboxylic acids is 1. The Balaban J connectivity index is 4.21. The predicted octanol–water partition coefficient (Wildman–Crippen LogP) is 2.83. The molecule has 0 aromatic carbocycles. The largest absolute Gasteiger partial charge is 0.466 e. The van der Waals surface area contributed by atoms with Crippen LogP contribution in [0.15, 0.2) is 12.2 Å². The van der Waals surface area contributed by atoms with Gasteiger partial charge < -0.3 is 9.26 Å². The van der Waals surface area contributed by atoms with Gasteiger partial charge in [-0.25, -0.2) is 0 Å². The summed E-state index contributed by atoms with van der Waals surface area (Å²) in [7, 11) is -2.70. The fraction of sp³-hybridized carbons (Fsp3) is 0.727. The standard InChI is InChI=1S/C11H21O4P/c1-4-7-9-16(13,15-6-3)10-8-11(12)14-5-2/h4,7H,5-6,8-10H2,1-3H3. The van der Waals surface area contributed by atoms with E-state index in [2.05, 4.69) is 0 Å². The highest BCUT2D eigenvalue weighted by molar-refractivity contribution is 7.59. The van der Waals surface area contributed by atoms with Crippen molar-refractivity contribution in [3.05, 3.63) is 12.2 Å². The van der Waals surface area contributed by atoms with Crippen molar-refractivity contribution in [2.75, 3.05) is 25.5 Å². The van der Waals surface area contributed by atoms with E-state index in [1.165, 1.54) is 0 Å². The molecule has 5 heteroatoms. The predicted molar refractivity (Wildman–Crippen MR) is 65.0 cm³/mol. The summed E-state index contributed by atoms with van der Waals surface area (Å²) in [5.74, 6) is -0.317. The van der Waals surface area contributed by atoms with Crippen molar-refractivity contribution < 1.29 is 18.6 Å². The molecule has 0 aromatic heterocycles. The molecule has 0 aliphatic heterocycles. The lowest BCUT2D eigenvalue weighted by Crippen LogP contribution is -2.08. The molecule has 0 amide bonds. The van der Waals surface area contributed by atoms with Crippen LogP contribution < -0.4 is 0 Å². The van der Waals surface area contributed by atoms with E-state index in [1.807, 2.05) is 19.1 Å². The number of hydrogen-bond donors (Lipinski definition) is 0. The molecule has 0 spiro atoms. The van der Waals surface area contributed by atoms with Gasteiger partial charge in [0.25, 0.3) is 0 Å². The second-order valence-electron chi connectivity index (χ2n) is 3.26. The maximum absolute atomic E-state index is 12.2. The minimum absolute atomic E-state index is 0.155. The van der Waals surface area contributed by atoms with Crippen LogP contribution in [0.2, 0.25) is 0 Å². The van der Waals surface area contributed by atoms with Gasteiger partial charge in [0.05, 0.1) is 19.6 Å². The van der Waals surface area contributed by atoms with Crippen LogP contribution in [0.5, 0.6) is 0 Å². The molecule has 0 aliphatic carbocycles. The van der Waals surface area contributed by atoms with Crippen molar-refractivity contribution in [3.8, 4) is 0 Å². The molecule has 0 heterocycles. The van der Waals surface area contributed by atoms with E-state index >= 15 is 0 Å². The van der Waals surface area contributed by atoms with Crippen molar-refractivity contribution in [2.24, 2.45) is 0 Å². The maximum Gasteiger partial charge on any atom is 0.306 e. The van der Waals surface area contributed by atoms with Gasteiger partial charge in [-0.3, -0.25) is 9.36 Å². The van der Waals surface area contributed by atoms with E-state index in [4.69, 9.17) is 9.26 Å². The SMILES string of the molecule is CC=CCP(=O)(CCC(=O)OCC)OCC. The Kier molecular flexibility index (Phi) is 8.22. The van der Waals surface area contributed by atoms with Crippen molar-refractivity contribution >= 4 is 13.3 Å². The molecular weight excluding hydrogens is 227 g/mol. The average Bonchev–Trinajstić information content (AvgIpc) is 2.25. The number of ether oxygens (including phenoxy) is 1. The monoisotopic (exact) mass is 248 g/mol. The van der Waals surface area contributed by atoms with Crippen molar-refractivity contribution in [1.29, 1.82) is 0 Å². The molecule has 1 unspecified atom stereocenters. The van der Waals surface area contributed by atoms with E-state index in [-0.39, 0.29) is 18.6 Å². The second kappa shape index (κ2) is 8.54. The van der Waals surface area contributed by atoms with E-state index < -0.39 is 7.37 Å². The van der Waals surface area contributed by atoms with E-state index in [0.29, 0.717) is 19.4 Å². The highest BCUT2D eigenvalue weighted by Crippen LogP contribution is 2.47. The molecule has 94 valence electrons. The summed E-state index contributed by atoms with van der Waals surface area (Å²) < 4.78 is 22.2. The molecule has 0 aromatic rings. The highest BCUT2D eigenvalue weighted by Gasteiger charge is 2.22. The van der Waals surface area contributed by atoms with Gasteiger partial charge in [-0.15, -0.1) is 0 Å². The topological polar surface area (TPSA) is 52.6 Å². The van der Waals surface area contributed by atoms with Crippen LogP contribution in [0.3, 0.4) is 0 Å². The summed E-state index contributed by atoms with van der Waals surface area (Å²) in [6.07, 6.45) is 4.43. The van der Waals surface area contributed by atoms with E-state index in [9.17, 15) is 9.36 Å². The van der Waals surface area contributed by atoms with Gasteiger partial charge in [-0.2, -0.15) is 0 Å². The van der Waals surface area contributed by atoms with Gasteiger partial charge in [0.2, 0.25) is 7.37 Å². The van der Waals surface area contributed by atoms with Crippen LogP contribution in [-0.4, -0.2) is 31.5 Å². The third-order valence-corrected chi connectivity index (χ3v) is 4.35. The first-order valence-electron chi connectivity index (χ1n) is 5.57. The lowest BCUT2D eigenvalue weighted by molar-refractivity contribution is -0.142. The molecule has 1 atom stereocenters. The molecule has 0 radical (unpaired) electrons. The van der Waals surface area contributed by atoms with Crippen LogP contribution in [0.25, 0.3) is 0 Å². The minimum Gasteiger partial charge on any atom is -0.466 e. The van der Waals surface area contributed by atoms with E-state index in [0.717, 1.165) is 0 Å². The minimum atomic E-state index is -2.70. The molecule has 16 heavy (non-hydrogen) atoms. The quantitative estimate of drug-likeness (QED) is 0.376. The summed E-state index contributed by atoms with van der Waals surface area (Å²) in [4.78, 5) is 11.2. The van der Waals surface area contributed by atoms with Gasteiger partial charge in [0, 0.05) is 12.3 Å². The molecule has 0 rings (SSSR count). The van der Waals surface area contributed by atoms with E-state index in [1.54, 1.807) is 13.8 Å².